The number of hydrogen-bond acceptors (Lipinski definition) is 1. The van der Waals surface area contributed by atoms with Crippen molar-refractivity contribution < 1.29 is 4.79 Å². The van der Waals surface area contributed by atoms with Crippen molar-refractivity contribution in [2.45, 2.75) is 65.7 Å². The number of ketones is 1. The molecule has 0 aromatic heterocycles. The minimum Gasteiger partial charge on any atom is -0.300 e. The zero-order valence-corrected chi connectivity index (χ0v) is 9.44. The summed E-state index contributed by atoms with van der Waals surface area (Å²) in [5.74, 6) is 0.931. The van der Waals surface area contributed by atoms with Crippen LogP contribution in [0, 0.1) is 5.92 Å². The molecule has 0 aliphatic carbocycles. The van der Waals surface area contributed by atoms with E-state index in [1.54, 1.807) is 6.92 Å². The zero-order valence-electron chi connectivity index (χ0n) is 9.44. The Labute approximate surface area is 82.9 Å². The molecule has 0 aromatic carbocycles. The molecule has 78 valence electrons. The monoisotopic (exact) mass is 184 g/mol. The van der Waals surface area contributed by atoms with Crippen LogP contribution < -0.4 is 0 Å². The predicted molar refractivity (Wildman–Crippen MR) is 57.8 cm³/mol. The Morgan fingerprint density at radius 1 is 1.15 bits per heavy atom. The molecule has 0 amide bonds. The zero-order chi connectivity index (χ0) is 10.1. The first kappa shape index (κ1) is 12.7. The molecule has 0 aliphatic heterocycles. The fourth-order valence-corrected chi connectivity index (χ4v) is 1.69. The van der Waals surface area contributed by atoms with Crippen LogP contribution in [0.25, 0.3) is 0 Å². The first-order valence-corrected chi connectivity index (χ1v) is 5.66. The van der Waals surface area contributed by atoms with E-state index in [1.807, 2.05) is 0 Å². The third-order valence-electron chi connectivity index (χ3n) is 2.44. The molecule has 13 heavy (non-hydrogen) atoms. The highest BCUT2D eigenvalue weighted by atomic mass is 16.1. The quantitative estimate of drug-likeness (QED) is 0.522. The van der Waals surface area contributed by atoms with Crippen LogP contribution in [0.15, 0.2) is 0 Å². The maximum Gasteiger partial charge on any atom is 0.130 e. The second-order valence-corrected chi connectivity index (χ2v) is 4.21. The van der Waals surface area contributed by atoms with E-state index in [2.05, 4.69) is 13.8 Å². The smallest absolute Gasteiger partial charge is 0.130 e. The van der Waals surface area contributed by atoms with Crippen LogP contribution in [0.3, 0.4) is 0 Å². The van der Waals surface area contributed by atoms with Crippen molar-refractivity contribution in [1.82, 2.24) is 0 Å². The lowest BCUT2D eigenvalue weighted by molar-refractivity contribution is -0.117. The van der Waals surface area contributed by atoms with Crippen LogP contribution >= 0.6 is 0 Å². The molecule has 1 nitrogen and oxygen atoms in total. The second kappa shape index (κ2) is 8.28. The van der Waals surface area contributed by atoms with Crippen LogP contribution in [0.1, 0.15) is 65.7 Å². The summed E-state index contributed by atoms with van der Waals surface area (Å²) in [6, 6.07) is 0. The second-order valence-electron chi connectivity index (χ2n) is 4.21. The van der Waals surface area contributed by atoms with E-state index < -0.39 is 0 Å². The summed E-state index contributed by atoms with van der Waals surface area (Å²) in [6.45, 7) is 6.10. The molecule has 0 aliphatic rings. The molecule has 0 radical (unpaired) electrons. The topological polar surface area (TPSA) is 17.1 Å². The molecule has 1 heteroatoms. The van der Waals surface area contributed by atoms with Crippen molar-refractivity contribution in [2.24, 2.45) is 5.92 Å². The van der Waals surface area contributed by atoms with Gasteiger partial charge in [0.25, 0.3) is 0 Å². The Balaban J connectivity index is 3.17. The number of rotatable bonds is 8. The molecule has 0 spiro atoms. The first-order chi connectivity index (χ1) is 6.16. The van der Waals surface area contributed by atoms with Crippen LogP contribution in [-0.2, 0) is 4.79 Å². The van der Waals surface area contributed by atoms with Gasteiger partial charge in [-0.05, 0) is 12.8 Å². The van der Waals surface area contributed by atoms with Gasteiger partial charge in [-0.1, -0.05) is 52.4 Å². The largest absolute Gasteiger partial charge is 0.300 e. The van der Waals surface area contributed by atoms with Crippen molar-refractivity contribution >= 4 is 5.78 Å². The number of Topliss-reactive ketones (excluding diaryl/α,β-unsaturated/α-hetero) is 1. The Morgan fingerprint density at radius 2 is 1.77 bits per heavy atom. The summed E-state index contributed by atoms with van der Waals surface area (Å²) >= 11 is 0. The highest BCUT2D eigenvalue weighted by Gasteiger charge is 2.04. The van der Waals surface area contributed by atoms with E-state index in [0.717, 1.165) is 6.42 Å². The molecule has 0 bridgehead atoms. The number of hydrogen-bond donors (Lipinski definition) is 0. The maximum atomic E-state index is 10.8. The van der Waals surface area contributed by atoms with Gasteiger partial charge >= 0.3 is 0 Å². The summed E-state index contributed by atoms with van der Waals surface area (Å²) < 4.78 is 0. The molecule has 0 N–H and O–H groups in total. The molecule has 0 fully saturated rings. The lowest BCUT2D eigenvalue weighted by Crippen LogP contribution is -2.01. The van der Waals surface area contributed by atoms with Crippen molar-refractivity contribution in [3.8, 4) is 0 Å². The van der Waals surface area contributed by atoms with Gasteiger partial charge in [-0.3, -0.25) is 0 Å². The van der Waals surface area contributed by atoms with Gasteiger partial charge in [0.15, 0.2) is 0 Å². The van der Waals surface area contributed by atoms with Crippen molar-refractivity contribution in [3.05, 3.63) is 0 Å². The van der Waals surface area contributed by atoms with Gasteiger partial charge < -0.3 is 4.79 Å². The van der Waals surface area contributed by atoms with E-state index in [0.29, 0.717) is 11.7 Å². The molecular formula is C12H24O. The fourth-order valence-electron chi connectivity index (χ4n) is 1.69. The van der Waals surface area contributed by atoms with Crippen LogP contribution in [0.4, 0.5) is 0 Å². The molecular weight excluding hydrogens is 160 g/mol. The van der Waals surface area contributed by atoms with E-state index in [9.17, 15) is 4.79 Å². The third kappa shape index (κ3) is 9.59. The Bertz CT molecular complexity index is 129. The van der Waals surface area contributed by atoms with Gasteiger partial charge in [-0.2, -0.15) is 0 Å². The highest BCUT2D eigenvalue weighted by Crippen LogP contribution is 2.14. The standard InChI is InChI=1S/C12H24O/c1-4-5-6-7-8-9-11(2)10-12(3)13/h11H,4-10H2,1-3H3/t11-/m0/s1. The summed E-state index contributed by atoms with van der Waals surface area (Å²) in [5, 5.41) is 0. The van der Waals surface area contributed by atoms with Crippen molar-refractivity contribution in [1.29, 1.82) is 0 Å². The van der Waals surface area contributed by atoms with Crippen LogP contribution in [-0.4, -0.2) is 5.78 Å². The summed E-state index contributed by atoms with van der Waals surface area (Å²) in [7, 11) is 0. The van der Waals surface area contributed by atoms with E-state index >= 15 is 0 Å². The van der Waals surface area contributed by atoms with E-state index in [-0.39, 0.29) is 0 Å². The highest BCUT2D eigenvalue weighted by molar-refractivity contribution is 5.75. The minimum atomic E-state index is 0.334. The third-order valence-corrected chi connectivity index (χ3v) is 2.44. The normalized spacial score (nSPS) is 12.8. The minimum absolute atomic E-state index is 0.334. The van der Waals surface area contributed by atoms with Gasteiger partial charge in [0.1, 0.15) is 5.78 Å². The SMILES string of the molecule is CCCCCCC[C@H](C)CC(C)=O. The number of unbranched alkanes of at least 4 members (excludes halogenated alkanes) is 4. The number of carbonyl (C=O) groups excluding carboxylic acids is 1. The predicted octanol–water partition coefficient (Wildman–Crippen LogP) is 3.96. The molecule has 0 unspecified atom stereocenters. The summed E-state index contributed by atoms with van der Waals surface area (Å²) in [4.78, 5) is 10.8. The van der Waals surface area contributed by atoms with E-state index in [4.69, 9.17) is 0 Å². The van der Waals surface area contributed by atoms with Crippen molar-refractivity contribution in [3.63, 3.8) is 0 Å². The first-order valence-electron chi connectivity index (χ1n) is 5.66. The Hall–Kier alpha value is -0.330. The summed E-state index contributed by atoms with van der Waals surface area (Å²) in [6.07, 6.45) is 8.68. The van der Waals surface area contributed by atoms with Gasteiger partial charge in [0.05, 0.1) is 0 Å². The van der Waals surface area contributed by atoms with Crippen LogP contribution in [0.2, 0.25) is 0 Å². The van der Waals surface area contributed by atoms with Crippen molar-refractivity contribution in [2.75, 3.05) is 0 Å². The Kier molecular flexibility index (Phi) is 8.07. The molecule has 0 saturated heterocycles. The molecule has 1 atom stereocenters. The Morgan fingerprint density at radius 3 is 2.31 bits per heavy atom. The summed E-state index contributed by atoms with van der Waals surface area (Å²) in [5.41, 5.74) is 0. The van der Waals surface area contributed by atoms with Gasteiger partial charge in [-0.25, -0.2) is 0 Å². The van der Waals surface area contributed by atoms with Crippen LogP contribution in [0.5, 0.6) is 0 Å². The van der Waals surface area contributed by atoms with Gasteiger partial charge in [-0.15, -0.1) is 0 Å². The van der Waals surface area contributed by atoms with E-state index in [1.165, 1.54) is 38.5 Å². The lowest BCUT2D eigenvalue weighted by Gasteiger charge is -2.08. The molecule has 0 heterocycles. The lowest BCUT2D eigenvalue weighted by atomic mass is 9.98. The molecule has 0 saturated carbocycles. The average molecular weight is 184 g/mol. The maximum absolute atomic E-state index is 10.8. The molecule has 0 rings (SSSR count). The average Bonchev–Trinajstić information content (AvgIpc) is 2.02. The fraction of sp³-hybridized carbons (Fsp3) is 0.917. The number of carbonyl (C=O) groups is 1. The van der Waals surface area contributed by atoms with Gasteiger partial charge in [0, 0.05) is 6.42 Å². The molecule has 0 aromatic rings. The van der Waals surface area contributed by atoms with Gasteiger partial charge in [0.2, 0.25) is 0 Å².